The highest BCUT2D eigenvalue weighted by molar-refractivity contribution is 7.99. The van der Waals surface area contributed by atoms with Crippen molar-refractivity contribution in [3.63, 3.8) is 0 Å². The van der Waals surface area contributed by atoms with Crippen LogP contribution >= 0.6 is 34.7 Å². The van der Waals surface area contributed by atoms with E-state index in [1.165, 1.54) is 28.4 Å². The summed E-state index contributed by atoms with van der Waals surface area (Å²) in [5.74, 6) is 0.889. The van der Waals surface area contributed by atoms with Gasteiger partial charge in [0.1, 0.15) is 5.82 Å². The molecule has 1 saturated heterocycles. The zero-order valence-electron chi connectivity index (χ0n) is 15.8. The van der Waals surface area contributed by atoms with Crippen LogP contribution in [0.4, 0.5) is 9.52 Å². The lowest BCUT2D eigenvalue weighted by Gasteiger charge is -2.34. The second-order valence-electron chi connectivity index (χ2n) is 6.88. The molecule has 4 rings (SSSR count). The number of hydrogen-bond donors (Lipinski definition) is 0. The van der Waals surface area contributed by atoms with E-state index in [1.54, 1.807) is 17.8 Å². The lowest BCUT2D eigenvalue weighted by molar-refractivity contribution is -0.131. The first-order valence-corrected chi connectivity index (χ1v) is 11.7. The van der Waals surface area contributed by atoms with Crippen LogP contribution in [0.15, 0.2) is 47.4 Å². The lowest BCUT2D eigenvalue weighted by Crippen LogP contribution is -2.48. The second kappa shape index (κ2) is 9.32. The zero-order valence-corrected chi connectivity index (χ0v) is 18.2. The van der Waals surface area contributed by atoms with Crippen LogP contribution < -0.4 is 4.90 Å². The number of hydrogen-bond acceptors (Lipinski definition) is 5. The summed E-state index contributed by atoms with van der Waals surface area (Å²) in [6, 6.07) is 12.5. The Balaban J connectivity index is 1.22. The average Bonchev–Trinajstić information content (AvgIpc) is 3.15. The highest BCUT2D eigenvalue weighted by Gasteiger charge is 2.22. The number of piperazine rings is 1. The number of carbonyl (C=O) groups is 1. The first kappa shape index (κ1) is 20.4. The molecule has 0 spiro atoms. The Morgan fingerprint density at radius 2 is 1.90 bits per heavy atom. The number of nitrogens with zero attached hydrogens (tertiary/aromatic N) is 3. The molecule has 1 amide bonds. The Kier molecular flexibility index (Phi) is 6.57. The molecule has 1 aliphatic heterocycles. The first-order chi connectivity index (χ1) is 14.1. The van der Waals surface area contributed by atoms with Crippen molar-refractivity contribution in [2.45, 2.75) is 17.7 Å². The number of halogens is 2. The van der Waals surface area contributed by atoms with Gasteiger partial charge in [0.05, 0.1) is 10.2 Å². The summed E-state index contributed by atoms with van der Waals surface area (Å²) in [4.78, 5) is 22.4. The Morgan fingerprint density at radius 1 is 1.14 bits per heavy atom. The molecule has 3 aromatic rings. The summed E-state index contributed by atoms with van der Waals surface area (Å²) >= 11 is 9.15. The van der Waals surface area contributed by atoms with Gasteiger partial charge in [-0.25, -0.2) is 9.37 Å². The van der Waals surface area contributed by atoms with Crippen LogP contribution in [0.5, 0.6) is 0 Å². The third-order valence-corrected chi connectivity index (χ3v) is 7.29. The maximum absolute atomic E-state index is 13.4. The maximum atomic E-state index is 13.4. The molecule has 0 aliphatic carbocycles. The Hall–Kier alpha value is -1.83. The third-order valence-electron chi connectivity index (χ3n) is 4.86. The fourth-order valence-electron chi connectivity index (χ4n) is 3.27. The van der Waals surface area contributed by atoms with E-state index in [2.05, 4.69) is 9.88 Å². The topological polar surface area (TPSA) is 36.4 Å². The Morgan fingerprint density at radius 3 is 2.66 bits per heavy atom. The van der Waals surface area contributed by atoms with Gasteiger partial charge in [0.2, 0.25) is 5.91 Å². The fourth-order valence-corrected chi connectivity index (χ4v) is 5.29. The number of thioether (sulfide) groups is 1. The van der Waals surface area contributed by atoms with Gasteiger partial charge in [-0.3, -0.25) is 4.79 Å². The molecule has 0 N–H and O–H groups in total. The van der Waals surface area contributed by atoms with Crippen molar-refractivity contribution in [1.29, 1.82) is 0 Å². The highest BCUT2D eigenvalue weighted by Crippen LogP contribution is 2.30. The molecule has 8 heteroatoms. The van der Waals surface area contributed by atoms with Gasteiger partial charge in [-0.2, -0.15) is 0 Å². The molecule has 0 saturated carbocycles. The van der Waals surface area contributed by atoms with Gasteiger partial charge < -0.3 is 9.80 Å². The molecule has 1 aliphatic rings. The molecule has 0 bridgehead atoms. The van der Waals surface area contributed by atoms with E-state index in [-0.39, 0.29) is 11.7 Å². The van der Waals surface area contributed by atoms with Crippen LogP contribution in [0.25, 0.3) is 10.2 Å². The summed E-state index contributed by atoms with van der Waals surface area (Å²) in [6.07, 6.45) is 1.43. The number of fused-ring (bicyclic) bond motifs is 1. The maximum Gasteiger partial charge on any atom is 0.222 e. The van der Waals surface area contributed by atoms with E-state index >= 15 is 0 Å². The first-order valence-electron chi connectivity index (χ1n) is 9.56. The van der Waals surface area contributed by atoms with Gasteiger partial charge in [-0.1, -0.05) is 22.9 Å². The second-order valence-corrected chi connectivity index (χ2v) is 9.50. The van der Waals surface area contributed by atoms with Gasteiger partial charge in [0.15, 0.2) is 5.13 Å². The van der Waals surface area contributed by atoms with Crippen molar-refractivity contribution in [3.05, 3.63) is 53.3 Å². The number of anilines is 1. The standard InChI is InChI=1S/C21H21ClFN3OS2/c22-15-3-6-17(7-4-15)28-13-1-2-20(27)25-9-11-26(12-10-25)21-24-18-8-5-16(23)14-19(18)29-21/h3-8,14H,1-2,9-13H2. The van der Waals surface area contributed by atoms with Crippen molar-refractivity contribution >= 4 is 56.0 Å². The molecular formula is C21H21ClFN3OS2. The van der Waals surface area contributed by atoms with Crippen molar-refractivity contribution < 1.29 is 9.18 Å². The van der Waals surface area contributed by atoms with Gasteiger partial charge in [-0.05, 0) is 54.6 Å². The lowest BCUT2D eigenvalue weighted by atomic mass is 10.2. The van der Waals surface area contributed by atoms with Crippen molar-refractivity contribution in [3.8, 4) is 0 Å². The molecule has 29 heavy (non-hydrogen) atoms. The largest absolute Gasteiger partial charge is 0.345 e. The highest BCUT2D eigenvalue weighted by atomic mass is 35.5. The van der Waals surface area contributed by atoms with Crippen molar-refractivity contribution in [2.24, 2.45) is 0 Å². The summed E-state index contributed by atoms with van der Waals surface area (Å²) in [6.45, 7) is 2.92. The van der Waals surface area contributed by atoms with E-state index < -0.39 is 0 Å². The predicted octanol–water partition coefficient (Wildman–Crippen LogP) is 5.31. The molecular weight excluding hydrogens is 429 g/mol. The summed E-state index contributed by atoms with van der Waals surface area (Å²) < 4.78 is 14.2. The van der Waals surface area contributed by atoms with Gasteiger partial charge in [0, 0.05) is 42.5 Å². The Labute approximate surface area is 182 Å². The van der Waals surface area contributed by atoms with Crippen LogP contribution in [0.1, 0.15) is 12.8 Å². The van der Waals surface area contributed by atoms with E-state index in [4.69, 9.17) is 11.6 Å². The van der Waals surface area contributed by atoms with Gasteiger partial charge >= 0.3 is 0 Å². The number of amides is 1. The minimum Gasteiger partial charge on any atom is -0.345 e. The fraction of sp³-hybridized carbons (Fsp3) is 0.333. The molecule has 2 aromatic carbocycles. The van der Waals surface area contributed by atoms with Crippen LogP contribution in [-0.4, -0.2) is 47.7 Å². The van der Waals surface area contributed by atoms with Crippen LogP contribution in [0.3, 0.4) is 0 Å². The number of rotatable bonds is 6. The average molecular weight is 450 g/mol. The summed E-state index contributed by atoms with van der Waals surface area (Å²) in [7, 11) is 0. The summed E-state index contributed by atoms with van der Waals surface area (Å²) in [5.41, 5.74) is 0.822. The van der Waals surface area contributed by atoms with E-state index in [0.29, 0.717) is 19.5 Å². The normalized spacial score (nSPS) is 14.6. The van der Waals surface area contributed by atoms with E-state index in [0.717, 1.165) is 45.6 Å². The monoisotopic (exact) mass is 449 g/mol. The number of benzene rings is 2. The van der Waals surface area contributed by atoms with Gasteiger partial charge in [-0.15, -0.1) is 11.8 Å². The molecule has 0 unspecified atom stereocenters. The molecule has 2 heterocycles. The molecule has 152 valence electrons. The Bertz CT molecular complexity index is 987. The number of aromatic nitrogens is 1. The van der Waals surface area contributed by atoms with Gasteiger partial charge in [0.25, 0.3) is 0 Å². The quantitative estimate of drug-likeness (QED) is 0.377. The minimum absolute atomic E-state index is 0.215. The van der Waals surface area contributed by atoms with Crippen molar-refractivity contribution in [1.82, 2.24) is 9.88 Å². The van der Waals surface area contributed by atoms with Crippen LogP contribution in [0.2, 0.25) is 5.02 Å². The summed E-state index contributed by atoms with van der Waals surface area (Å²) in [5, 5.41) is 1.64. The van der Waals surface area contributed by atoms with Crippen LogP contribution in [-0.2, 0) is 4.79 Å². The zero-order chi connectivity index (χ0) is 20.2. The molecule has 1 fully saturated rings. The third kappa shape index (κ3) is 5.21. The minimum atomic E-state index is -0.239. The SMILES string of the molecule is O=C(CCCSc1ccc(Cl)cc1)N1CCN(c2nc3ccc(F)cc3s2)CC1. The molecule has 0 radical (unpaired) electrons. The molecule has 1 aromatic heterocycles. The number of carbonyl (C=O) groups excluding carboxylic acids is 1. The number of thiazole rings is 1. The van der Waals surface area contributed by atoms with E-state index in [1.807, 2.05) is 29.2 Å². The van der Waals surface area contributed by atoms with E-state index in [9.17, 15) is 9.18 Å². The van der Waals surface area contributed by atoms with Crippen molar-refractivity contribution in [2.75, 3.05) is 36.8 Å². The predicted molar refractivity (Wildman–Crippen MR) is 120 cm³/mol. The smallest absolute Gasteiger partial charge is 0.222 e. The molecule has 0 atom stereocenters. The molecule has 4 nitrogen and oxygen atoms in total. The van der Waals surface area contributed by atoms with Crippen LogP contribution in [0, 0.1) is 5.82 Å².